The smallest absolute Gasteiger partial charge is 0.255 e. The van der Waals surface area contributed by atoms with Crippen LogP contribution in [0.2, 0.25) is 0 Å². The Morgan fingerprint density at radius 1 is 1.03 bits per heavy atom. The van der Waals surface area contributed by atoms with Gasteiger partial charge in [0, 0.05) is 22.9 Å². The van der Waals surface area contributed by atoms with Crippen LogP contribution in [0, 0.1) is 0 Å². The minimum Gasteiger partial charge on any atom is -0.497 e. The summed E-state index contributed by atoms with van der Waals surface area (Å²) in [6.07, 6.45) is 0. The lowest BCUT2D eigenvalue weighted by atomic mass is 10.0. The van der Waals surface area contributed by atoms with E-state index in [-0.39, 0.29) is 5.91 Å². The number of amides is 1. The standard InChI is InChI=1S/C24H22N2O3/c1-15(2)16-7-9-17(10-8-16)23(27)25-19-6-4-5-18(13-19)24-26-21-14-20(28-3)11-12-22(21)29-24/h4-15H,1-3H3,(H,25,27). The minimum atomic E-state index is -0.153. The number of hydrogen-bond acceptors (Lipinski definition) is 4. The summed E-state index contributed by atoms with van der Waals surface area (Å²) in [5.74, 6) is 1.49. The van der Waals surface area contributed by atoms with Crippen LogP contribution in [0.15, 0.2) is 71.1 Å². The van der Waals surface area contributed by atoms with Gasteiger partial charge in [-0.1, -0.05) is 32.0 Å². The van der Waals surface area contributed by atoms with E-state index < -0.39 is 0 Å². The Bertz CT molecular complexity index is 1160. The Labute approximate surface area is 169 Å². The topological polar surface area (TPSA) is 64.4 Å². The number of carbonyl (C=O) groups is 1. The van der Waals surface area contributed by atoms with E-state index in [9.17, 15) is 4.79 Å². The van der Waals surface area contributed by atoms with Gasteiger partial charge in [0.1, 0.15) is 11.3 Å². The van der Waals surface area contributed by atoms with Gasteiger partial charge in [-0.05, 0) is 53.9 Å². The average Bonchev–Trinajstić information content (AvgIpc) is 3.17. The van der Waals surface area contributed by atoms with Crippen molar-refractivity contribution >= 4 is 22.7 Å². The first-order chi connectivity index (χ1) is 14.0. The van der Waals surface area contributed by atoms with E-state index in [1.807, 2.05) is 66.7 Å². The second-order valence-electron chi connectivity index (χ2n) is 7.16. The highest BCUT2D eigenvalue weighted by atomic mass is 16.5. The lowest BCUT2D eigenvalue weighted by Crippen LogP contribution is -2.11. The molecule has 146 valence electrons. The van der Waals surface area contributed by atoms with Crippen molar-refractivity contribution in [2.75, 3.05) is 12.4 Å². The molecule has 1 amide bonds. The third kappa shape index (κ3) is 3.99. The first-order valence-corrected chi connectivity index (χ1v) is 9.50. The predicted molar refractivity (Wildman–Crippen MR) is 114 cm³/mol. The lowest BCUT2D eigenvalue weighted by molar-refractivity contribution is 0.102. The maximum atomic E-state index is 12.6. The number of hydrogen-bond donors (Lipinski definition) is 1. The number of carbonyl (C=O) groups excluding carboxylic acids is 1. The summed E-state index contributed by atoms with van der Waals surface area (Å²) in [6, 6.07) is 20.6. The van der Waals surface area contributed by atoms with Gasteiger partial charge in [-0.25, -0.2) is 4.98 Å². The van der Waals surface area contributed by atoms with Crippen molar-refractivity contribution in [2.24, 2.45) is 0 Å². The maximum absolute atomic E-state index is 12.6. The molecule has 0 atom stereocenters. The maximum Gasteiger partial charge on any atom is 0.255 e. The molecule has 0 aliphatic rings. The van der Waals surface area contributed by atoms with Gasteiger partial charge >= 0.3 is 0 Å². The molecule has 4 aromatic rings. The predicted octanol–water partition coefficient (Wildman–Crippen LogP) is 5.88. The van der Waals surface area contributed by atoms with Crippen LogP contribution in [0.25, 0.3) is 22.6 Å². The van der Waals surface area contributed by atoms with Crippen LogP contribution in [-0.2, 0) is 0 Å². The summed E-state index contributed by atoms with van der Waals surface area (Å²) in [7, 11) is 1.62. The monoisotopic (exact) mass is 386 g/mol. The fraction of sp³-hybridized carbons (Fsp3) is 0.167. The van der Waals surface area contributed by atoms with Crippen LogP contribution in [0.4, 0.5) is 5.69 Å². The van der Waals surface area contributed by atoms with Crippen molar-refractivity contribution in [3.05, 3.63) is 77.9 Å². The van der Waals surface area contributed by atoms with E-state index in [0.29, 0.717) is 28.6 Å². The Morgan fingerprint density at radius 2 is 1.83 bits per heavy atom. The van der Waals surface area contributed by atoms with Crippen molar-refractivity contribution in [1.82, 2.24) is 4.98 Å². The zero-order valence-electron chi connectivity index (χ0n) is 16.6. The molecule has 4 rings (SSSR count). The van der Waals surface area contributed by atoms with Crippen molar-refractivity contribution in [1.29, 1.82) is 0 Å². The number of benzene rings is 3. The fourth-order valence-electron chi connectivity index (χ4n) is 3.11. The summed E-state index contributed by atoms with van der Waals surface area (Å²) >= 11 is 0. The average molecular weight is 386 g/mol. The SMILES string of the molecule is COc1ccc2oc(-c3cccc(NC(=O)c4ccc(C(C)C)cc4)c3)nc2c1. The summed E-state index contributed by atoms with van der Waals surface area (Å²) in [5, 5.41) is 2.94. The van der Waals surface area contributed by atoms with E-state index in [1.54, 1.807) is 7.11 Å². The molecule has 5 nitrogen and oxygen atoms in total. The molecule has 0 saturated carbocycles. The lowest BCUT2D eigenvalue weighted by Gasteiger charge is -2.08. The number of oxazole rings is 1. The van der Waals surface area contributed by atoms with Gasteiger partial charge in [0.15, 0.2) is 5.58 Å². The highest BCUT2D eigenvalue weighted by Crippen LogP contribution is 2.28. The molecule has 0 aliphatic heterocycles. The number of fused-ring (bicyclic) bond motifs is 1. The van der Waals surface area contributed by atoms with Crippen LogP contribution in [0.1, 0.15) is 35.7 Å². The zero-order valence-corrected chi connectivity index (χ0v) is 16.6. The van der Waals surface area contributed by atoms with Gasteiger partial charge in [-0.3, -0.25) is 4.79 Å². The van der Waals surface area contributed by atoms with Gasteiger partial charge < -0.3 is 14.5 Å². The van der Waals surface area contributed by atoms with E-state index in [1.165, 1.54) is 5.56 Å². The molecule has 29 heavy (non-hydrogen) atoms. The number of rotatable bonds is 5. The molecule has 0 fully saturated rings. The second kappa shape index (κ2) is 7.80. The highest BCUT2D eigenvalue weighted by molar-refractivity contribution is 6.04. The van der Waals surface area contributed by atoms with Gasteiger partial charge in [0.05, 0.1) is 7.11 Å². The molecule has 5 heteroatoms. The van der Waals surface area contributed by atoms with Crippen molar-refractivity contribution < 1.29 is 13.9 Å². The Balaban J connectivity index is 1.56. The fourth-order valence-corrected chi connectivity index (χ4v) is 3.11. The summed E-state index contributed by atoms with van der Waals surface area (Å²) < 4.78 is 11.1. The van der Waals surface area contributed by atoms with Crippen LogP contribution in [-0.4, -0.2) is 18.0 Å². The van der Waals surface area contributed by atoms with Crippen LogP contribution in [0.3, 0.4) is 0 Å². The number of nitrogens with one attached hydrogen (secondary N) is 1. The molecule has 0 bridgehead atoms. The first-order valence-electron chi connectivity index (χ1n) is 9.50. The number of ether oxygens (including phenoxy) is 1. The molecule has 0 unspecified atom stereocenters. The number of aromatic nitrogens is 1. The third-order valence-corrected chi connectivity index (χ3v) is 4.80. The minimum absolute atomic E-state index is 0.153. The highest BCUT2D eigenvalue weighted by Gasteiger charge is 2.12. The molecule has 0 spiro atoms. The van der Waals surface area contributed by atoms with Gasteiger partial charge in [0.2, 0.25) is 5.89 Å². The van der Waals surface area contributed by atoms with E-state index >= 15 is 0 Å². The van der Waals surface area contributed by atoms with Crippen LogP contribution in [0.5, 0.6) is 5.75 Å². The van der Waals surface area contributed by atoms with E-state index in [0.717, 1.165) is 16.8 Å². The Morgan fingerprint density at radius 3 is 2.55 bits per heavy atom. The molecule has 1 aromatic heterocycles. The quantitative estimate of drug-likeness (QED) is 0.465. The molecule has 1 heterocycles. The van der Waals surface area contributed by atoms with E-state index in [4.69, 9.17) is 9.15 Å². The first kappa shape index (κ1) is 18.7. The molecule has 0 aliphatic carbocycles. The normalized spacial score (nSPS) is 11.0. The summed E-state index contributed by atoms with van der Waals surface area (Å²) in [5.41, 5.74) is 4.69. The Kier molecular flexibility index (Phi) is 5.04. The number of nitrogens with zero attached hydrogens (tertiary/aromatic N) is 1. The summed E-state index contributed by atoms with van der Waals surface area (Å²) in [4.78, 5) is 17.1. The number of anilines is 1. The molecule has 3 aromatic carbocycles. The van der Waals surface area contributed by atoms with Gasteiger partial charge in [-0.2, -0.15) is 0 Å². The molecule has 0 radical (unpaired) electrons. The summed E-state index contributed by atoms with van der Waals surface area (Å²) in [6.45, 7) is 4.26. The largest absolute Gasteiger partial charge is 0.497 e. The second-order valence-corrected chi connectivity index (χ2v) is 7.16. The molecular formula is C24H22N2O3. The van der Waals surface area contributed by atoms with Crippen molar-refractivity contribution in [3.8, 4) is 17.2 Å². The number of methoxy groups -OCH3 is 1. The third-order valence-electron chi connectivity index (χ3n) is 4.80. The zero-order chi connectivity index (χ0) is 20.4. The van der Waals surface area contributed by atoms with Gasteiger partial charge in [0.25, 0.3) is 5.91 Å². The molecular weight excluding hydrogens is 364 g/mol. The van der Waals surface area contributed by atoms with Crippen LogP contribution < -0.4 is 10.1 Å². The molecule has 1 N–H and O–H groups in total. The van der Waals surface area contributed by atoms with Gasteiger partial charge in [-0.15, -0.1) is 0 Å². The van der Waals surface area contributed by atoms with Crippen LogP contribution >= 0.6 is 0 Å². The van der Waals surface area contributed by atoms with Crippen molar-refractivity contribution in [2.45, 2.75) is 19.8 Å². The van der Waals surface area contributed by atoms with E-state index in [2.05, 4.69) is 24.1 Å². The van der Waals surface area contributed by atoms with Crippen molar-refractivity contribution in [3.63, 3.8) is 0 Å². The Hall–Kier alpha value is -3.60. The molecule has 0 saturated heterocycles.